The van der Waals surface area contributed by atoms with Crippen molar-refractivity contribution in [2.75, 3.05) is 12.3 Å². The summed E-state index contributed by atoms with van der Waals surface area (Å²) in [5, 5.41) is 0. The number of nitrogens with zero attached hydrogens (tertiary/aromatic N) is 5. The summed E-state index contributed by atoms with van der Waals surface area (Å²) in [5.74, 6) is -0.202. The van der Waals surface area contributed by atoms with Crippen molar-refractivity contribution in [1.29, 1.82) is 0 Å². The quantitative estimate of drug-likeness (QED) is 0.478. The number of hydrogen-bond acceptors (Lipinski definition) is 5. The average Bonchev–Trinajstić information content (AvgIpc) is 3.37. The van der Waals surface area contributed by atoms with Gasteiger partial charge in [0.1, 0.15) is 5.82 Å². The van der Waals surface area contributed by atoms with Crippen LogP contribution in [0.4, 0.5) is 10.3 Å². The molecule has 34 heavy (non-hydrogen) atoms. The third kappa shape index (κ3) is 4.52. The molecule has 1 amide bonds. The summed E-state index contributed by atoms with van der Waals surface area (Å²) in [5.41, 5.74) is 9.86. The zero-order valence-corrected chi connectivity index (χ0v) is 18.6. The highest BCUT2D eigenvalue weighted by molar-refractivity contribution is 5.95. The van der Waals surface area contributed by atoms with Crippen molar-refractivity contribution < 1.29 is 9.18 Å². The Morgan fingerprint density at radius 1 is 1.15 bits per heavy atom. The molecule has 2 N–H and O–H groups in total. The maximum Gasteiger partial charge on any atom is 0.254 e. The van der Waals surface area contributed by atoms with Gasteiger partial charge in [-0.25, -0.2) is 19.3 Å². The van der Waals surface area contributed by atoms with Crippen LogP contribution in [0.1, 0.15) is 46.9 Å². The first-order chi connectivity index (χ1) is 16.6. The number of imidazole rings is 1. The Bertz CT molecular complexity index is 1290. The van der Waals surface area contributed by atoms with E-state index in [1.54, 1.807) is 30.9 Å². The molecular formula is C26H25FN6O. The first kappa shape index (κ1) is 21.8. The van der Waals surface area contributed by atoms with E-state index in [4.69, 9.17) is 5.73 Å². The van der Waals surface area contributed by atoms with E-state index in [1.807, 2.05) is 39.9 Å². The Kier molecular flexibility index (Phi) is 6.03. The van der Waals surface area contributed by atoms with Crippen molar-refractivity contribution in [3.8, 4) is 11.1 Å². The molecule has 1 aliphatic rings. The molecule has 0 bridgehead atoms. The van der Waals surface area contributed by atoms with Crippen molar-refractivity contribution in [2.24, 2.45) is 0 Å². The number of aromatic nitrogens is 4. The summed E-state index contributed by atoms with van der Waals surface area (Å²) in [6.07, 6.45) is 9.71. The monoisotopic (exact) mass is 456 g/mol. The molecule has 1 saturated heterocycles. The molecule has 172 valence electrons. The summed E-state index contributed by atoms with van der Waals surface area (Å²) in [6.45, 7) is 1.27. The van der Waals surface area contributed by atoms with Gasteiger partial charge >= 0.3 is 0 Å². The fourth-order valence-electron chi connectivity index (χ4n) is 4.53. The second-order valence-electron chi connectivity index (χ2n) is 8.48. The molecule has 3 heterocycles. The molecule has 5 rings (SSSR count). The number of nitrogen functional groups attached to an aromatic ring is 1. The summed E-state index contributed by atoms with van der Waals surface area (Å²) >= 11 is 0. The number of rotatable bonds is 5. The minimum Gasteiger partial charge on any atom is -0.368 e. The van der Waals surface area contributed by atoms with Crippen LogP contribution in [-0.2, 0) is 6.54 Å². The number of amides is 1. The lowest BCUT2D eigenvalue weighted by Crippen LogP contribution is -2.39. The highest BCUT2D eigenvalue weighted by atomic mass is 19.1. The number of hydrogen-bond donors (Lipinski definition) is 1. The Morgan fingerprint density at radius 2 is 2.00 bits per heavy atom. The number of likely N-dealkylation sites (tertiary alicyclic amines) is 1. The summed E-state index contributed by atoms with van der Waals surface area (Å²) in [6, 6.07) is 13.7. The standard InChI is InChI=1S/C26H25FN6O/c27-21-9-7-19(8-10-21)22-15-30-26(28)31-24(22)23-6-1-2-12-33(23)25(34)20-5-3-4-18(14-20)16-32-13-11-29-17-32/h3-5,7-11,13-15,17,23H,1-2,6,12,16H2,(H2,28,30,31). The van der Waals surface area contributed by atoms with Crippen molar-refractivity contribution in [1.82, 2.24) is 24.4 Å². The molecule has 0 aliphatic carbocycles. The molecule has 1 atom stereocenters. The molecule has 1 unspecified atom stereocenters. The Balaban J connectivity index is 1.48. The fraction of sp³-hybridized carbons (Fsp3) is 0.231. The van der Waals surface area contributed by atoms with E-state index in [-0.39, 0.29) is 23.7 Å². The largest absolute Gasteiger partial charge is 0.368 e. The number of nitrogens with two attached hydrogens (primary N) is 1. The molecule has 0 saturated carbocycles. The number of carbonyl (C=O) groups is 1. The normalized spacial score (nSPS) is 15.9. The number of piperidine rings is 1. The van der Waals surface area contributed by atoms with Crippen molar-refractivity contribution >= 4 is 11.9 Å². The summed E-state index contributed by atoms with van der Waals surface area (Å²) in [7, 11) is 0. The molecular weight excluding hydrogens is 431 g/mol. The number of anilines is 1. The van der Waals surface area contributed by atoms with E-state index < -0.39 is 0 Å². The fourth-order valence-corrected chi connectivity index (χ4v) is 4.53. The van der Waals surface area contributed by atoms with E-state index in [9.17, 15) is 9.18 Å². The van der Waals surface area contributed by atoms with Crippen LogP contribution in [-0.4, -0.2) is 36.9 Å². The van der Waals surface area contributed by atoms with Gasteiger partial charge in [0.2, 0.25) is 5.95 Å². The first-order valence-corrected chi connectivity index (χ1v) is 11.3. The third-order valence-corrected chi connectivity index (χ3v) is 6.17. The predicted molar refractivity (Wildman–Crippen MR) is 127 cm³/mol. The van der Waals surface area contributed by atoms with Gasteiger partial charge < -0.3 is 15.2 Å². The molecule has 2 aromatic heterocycles. The van der Waals surface area contributed by atoms with Crippen LogP contribution in [0.3, 0.4) is 0 Å². The lowest BCUT2D eigenvalue weighted by atomic mass is 9.93. The molecule has 0 radical (unpaired) electrons. The van der Waals surface area contributed by atoms with Gasteiger partial charge in [-0.2, -0.15) is 0 Å². The number of carbonyl (C=O) groups excluding carboxylic acids is 1. The second-order valence-corrected chi connectivity index (χ2v) is 8.48. The maximum absolute atomic E-state index is 13.7. The van der Waals surface area contributed by atoms with E-state index in [0.29, 0.717) is 24.3 Å². The van der Waals surface area contributed by atoms with Gasteiger partial charge in [0.15, 0.2) is 0 Å². The van der Waals surface area contributed by atoms with E-state index >= 15 is 0 Å². The van der Waals surface area contributed by atoms with Crippen molar-refractivity contribution in [3.63, 3.8) is 0 Å². The second kappa shape index (κ2) is 9.43. The van der Waals surface area contributed by atoms with Gasteiger partial charge in [0.25, 0.3) is 5.91 Å². The van der Waals surface area contributed by atoms with Crippen molar-refractivity contribution in [3.05, 3.63) is 96.1 Å². The van der Waals surface area contributed by atoms with Crippen LogP contribution < -0.4 is 5.73 Å². The molecule has 8 heteroatoms. The van der Waals surface area contributed by atoms with Crippen LogP contribution in [0.25, 0.3) is 11.1 Å². The molecule has 1 aliphatic heterocycles. The van der Waals surface area contributed by atoms with Gasteiger partial charge in [-0.05, 0) is 54.7 Å². The molecule has 0 spiro atoms. The lowest BCUT2D eigenvalue weighted by molar-refractivity contribution is 0.0606. The van der Waals surface area contributed by atoms with Crippen LogP contribution in [0.5, 0.6) is 0 Å². The number of benzene rings is 2. The highest BCUT2D eigenvalue weighted by Crippen LogP contribution is 2.36. The summed E-state index contributed by atoms with van der Waals surface area (Å²) < 4.78 is 15.5. The zero-order chi connectivity index (χ0) is 23.5. The maximum atomic E-state index is 13.7. The molecule has 2 aromatic carbocycles. The van der Waals surface area contributed by atoms with Crippen molar-refractivity contribution in [2.45, 2.75) is 31.8 Å². The Labute approximate surface area is 197 Å². The molecule has 7 nitrogen and oxygen atoms in total. The van der Waals surface area contributed by atoms with Gasteiger partial charge in [0, 0.05) is 42.8 Å². The molecule has 1 fully saturated rings. The van der Waals surface area contributed by atoms with E-state index in [2.05, 4.69) is 15.0 Å². The minimum absolute atomic E-state index is 0.0422. The van der Waals surface area contributed by atoms with Gasteiger partial charge in [-0.1, -0.05) is 24.3 Å². The van der Waals surface area contributed by atoms with E-state index in [0.717, 1.165) is 36.0 Å². The molecule has 4 aromatic rings. The third-order valence-electron chi connectivity index (χ3n) is 6.17. The van der Waals surface area contributed by atoms with Gasteiger partial charge in [-0.15, -0.1) is 0 Å². The predicted octanol–water partition coefficient (Wildman–Crippen LogP) is 4.48. The van der Waals surface area contributed by atoms with Crippen LogP contribution in [0.15, 0.2) is 73.4 Å². The average molecular weight is 457 g/mol. The summed E-state index contributed by atoms with van der Waals surface area (Å²) in [4.78, 5) is 28.4. The SMILES string of the molecule is Nc1ncc(-c2ccc(F)cc2)c(C2CCCCN2C(=O)c2cccc(Cn3ccnc3)c2)n1. The van der Waals surface area contributed by atoms with E-state index in [1.165, 1.54) is 12.1 Å². The highest BCUT2D eigenvalue weighted by Gasteiger charge is 2.32. The smallest absolute Gasteiger partial charge is 0.254 e. The lowest BCUT2D eigenvalue weighted by Gasteiger charge is -2.36. The van der Waals surface area contributed by atoms with Crippen LogP contribution in [0, 0.1) is 5.82 Å². The minimum atomic E-state index is -0.313. The Hall–Kier alpha value is -4.07. The Morgan fingerprint density at radius 3 is 2.79 bits per heavy atom. The first-order valence-electron chi connectivity index (χ1n) is 11.3. The van der Waals surface area contributed by atoms with Crippen LogP contribution in [0.2, 0.25) is 0 Å². The van der Waals surface area contributed by atoms with Gasteiger partial charge in [0.05, 0.1) is 18.1 Å². The topological polar surface area (TPSA) is 89.9 Å². The zero-order valence-electron chi connectivity index (χ0n) is 18.6. The number of halogens is 1. The van der Waals surface area contributed by atoms with Crippen LogP contribution >= 0.6 is 0 Å². The van der Waals surface area contributed by atoms with Gasteiger partial charge in [-0.3, -0.25) is 4.79 Å².